The molecule has 0 bridgehead atoms. The molecule has 2 aliphatic heterocycles. The van der Waals surface area contributed by atoms with E-state index in [4.69, 9.17) is 10.5 Å². The number of ether oxygens (including phenoxy) is 1. The number of nitrogens with two attached hydrogens (primary N) is 1. The number of methoxy groups -OCH3 is 1. The maximum Gasteiger partial charge on any atom is 1.00 e. The van der Waals surface area contributed by atoms with Crippen LogP contribution in [0.2, 0.25) is 0 Å². The quantitative estimate of drug-likeness (QED) is 0.180. The third-order valence-electron chi connectivity index (χ3n) is 4.01. The summed E-state index contributed by atoms with van der Waals surface area (Å²) >= 11 is 2.44. The molecule has 1 fully saturated rings. The summed E-state index contributed by atoms with van der Waals surface area (Å²) in [5.74, 6) is -2.38. The Bertz CT molecular complexity index is 888. The minimum Gasteiger partial charge on any atom is -0.543 e. The van der Waals surface area contributed by atoms with Crippen molar-refractivity contribution in [2.45, 2.75) is 11.4 Å². The van der Waals surface area contributed by atoms with Crippen LogP contribution in [-0.2, 0) is 24.0 Å². The summed E-state index contributed by atoms with van der Waals surface area (Å²) in [5, 5.41) is 18.9. The molecule has 3 N–H and O–H groups in total. The summed E-state index contributed by atoms with van der Waals surface area (Å²) in [7, 11) is 2.70. The van der Waals surface area contributed by atoms with E-state index in [1.165, 1.54) is 31.4 Å². The average Bonchev–Trinajstić information content (AvgIpc) is 3.09. The van der Waals surface area contributed by atoms with Gasteiger partial charge in [-0.3, -0.25) is 14.5 Å². The Balaban J connectivity index is 0.00000300. The van der Waals surface area contributed by atoms with E-state index in [2.05, 4.69) is 20.3 Å². The minimum atomic E-state index is -1.46. The monoisotopic (exact) mass is 449 g/mol. The van der Waals surface area contributed by atoms with Crippen LogP contribution in [0.5, 0.6) is 0 Å². The first-order valence-electron chi connectivity index (χ1n) is 7.89. The molecule has 3 rings (SSSR count). The Hall–Kier alpha value is -1.64. The number of rotatable bonds is 7. The van der Waals surface area contributed by atoms with Crippen LogP contribution in [0.15, 0.2) is 21.8 Å². The van der Waals surface area contributed by atoms with Gasteiger partial charge in [0.25, 0.3) is 11.8 Å². The predicted octanol–water partition coefficient (Wildman–Crippen LogP) is -4.87. The predicted molar refractivity (Wildman–Crippen MR) is 99.0 cm³/mol. The van der Waals surface area contributed by atoms with Crippen LogP contribution in [-0.4, -0.2) is 71.4 Å². The van der Waals surface area contributed by atoms with Crippen molar-refractivity contribution in [2.24, 2.45) is 5.16 Å². The van der Waals surface area contributed by atoms with Gasteiger partial charge in [0, 0.05) is 18.2 Å². The second kappa shape index (κ2) is 9.91. The number of carbonyl (C=O) groups is 3. The molecule has 1 aromatic heterocycles. The van der Waals surface area contributed by atoms with E-state index < -0.39 is 29.2 Å². The molecule has 3 heterocycles. The Morgan fingerprint density at radius 3 is 2.76 bits per heavy atom. The number of oxime groups is 1. The molecule has 1 unspecified atom stereocenters. The number of carboxylic acid groups (broad SMARTS) is 1. The molecule has 0 aliphatic carbocycles. The molecule has 1 aromatic rings. The molecule has 150 valence electrons. The number of β-lactam (4-membered cyclic amide) rings is 1. The number of nitrogens with one attached hydrogen (secondary N) is 1. The smallest absolute Gasteiger partial charge is 0.543 e. The zero-order chi connectivity index (χ0) is 20.4. The first-order chi connectivity index (χ1) is 13.4. The summed E-state index contributed by atoms with van der Waals surface area (Å²) in [6.45, 7) is 0.0692. The molecule has 2 aliphatic rings. The maximum atomic E-state index is 12.6. The van der Waals surface area contributed by atoms with Gasteiger partial charge >= 0.3 is 29.6 Å². The van der Waals surface area contributed by atoms with Crippen molar-refractivity contribution in [3.63, 3.8) is 0 Å². The number of aromatic nitrogens is 1. The van der Waals surface area contributed by atoms with Gasteiger partial charge < -0.3 is 30.5 Å². The van der Waals surface area contributed by atoms with E-state index in [0.717, 1.165) is 16.2 Å². The van der Waals surface area contributed by atoms with Gasteiger partial charge in [0.2, 0.25) is 0 Å². The zero-order valence-corrected chi connectivity index (χ0v) is 19.5. The molecular weight excluding hydrogens is 433 g/mol. The van der Waals surface area contributed by atoms with Crippen LogP contribution in [0.3, 0.4) is 0 Å². The minimum absolute atomic E-state index is 0. The van der Waals surface area contributed by atoms with Gasteiger partial charge in [-0.05, 0) is 5.57 Å². The van der Waals surface area contributed by atoms with Crippen molar-refractivity contribution in [3.05, 3.63) is 22.3 Å². The van der Waals surface area contributed by atoms with Crippen molar-refractivity contribution >= 4 is 51.7 Å². The van der Waals surface area contributed by atoms with Gasteiger partial charge in [0.05, 0.1) is 18.3 Å². The van der Waals surface area contributed by atoms with E-state index in [9.17, 15) is 19.5 Å². The van der Waals surface area contributed by atoms with Crippen molar-refractivity contribution in [2.75, 3.05) is 32.3 Å². The summed E-state index contributed by atoms with van der Waals surface area (Å²) < 4.78 is 4.99. The Morgan fingerprint density at radius 2 is 2.21 bits per heavy atom. The van der Waals surface area contributed by atoms with Gasteiger partial charge in [0.15, 0.2) is 10.8 Å². The van der Waals surface area contributed by atoms with Gasteiger partial charge in [-0.1, -0.05) is 5.16 Å². The van der Waals surface area contributed by atoms with Crippen LogP contribution in [0.25, 0.3) is 0 Å². The topological polar surface area (TPSA) is 159 Å². The first kappa shape index (κ1) is 23.6. The standard InChI is InChI=1S/C15H17N5O6S2.Na/c1-25-3-6-4-27-13-9(12(22)20(13)10(6)14(23)24)18-11(21)8(19-26-2)7-5-28-15(16)17-7;/h5,9,13H,3-4H2,1-2H3,(H2,16,17)(H,18,21)(H,23,24);/q;+1/p-1/t9?,13-;/m0./s1. The second-order valence-corrected chi connectivity index (χ2v) is 7.72. The van der Waals surface area contributed by atoms with Crippen LogP contribution >= 0.6 is 23.1 Å². The van der Waals surface area contributed by atoms with Gasteiger partial charge in [0.1, 0.15) is 24.2 Å². The molecule has 1 saturated heterocycles. The third-order valence-corrected chi connectivity index (χ3v) is 6.02. The average molecular weight is 449 g/mol. The molecule has 11 nitrogen and oxygen atoms in total. The number of aliphatic carboxylic acids is 1. The summed E-state index contributed by atoms with van der Waals surface area (Å²) in [5.41, 5.74) is 5.88. The maximum absolute atomic E-state index is 12.6. The number of nitrogen functional groups attached to an aromatic ring is 1. The SMILES string of the molecule is COCC1=C(C(=O)[O-])N2C(=O)C(NC(=O)C(=NOC)c3csc(N)n3)[C@@H]2SC1.[Na+]. The number of fused-ring (bicyclic) bond motifs is 1. The van der Waals surface area contributed by atoms with E-state index in [-0.39, 0.29) is 58.4 Å². The van der Waals surface area contributed by atoms with E-state index in [0.29, 0.717) is 11.3 Å². The molecule has 2 amide bonds. The largest absolute Gasteiger partial charge is 1.00 e. The second-order valence-electron chi connectivity index (χ2n) is 5.73. The number of hydrogen-bond acceptors (Lipinski definition) is 11. The number of amides is 2. The van der Waals surface area contributed by atoms with Crippen molar-refractivity contribution in [1.29, 1.82) is 0 Å². The molecule has 0 radical (unpaired) electrons. The van der Waals surface area contributed by atoms with Crippen molar-refractivity contribution in [1.82, 2.24) is 15.2 Å². The van der Waals surface area contributed by atoms with Crippen LogP contribution < -0.4 is 45.7 Å². The Kier molecular flexibility index (Phi) is 8.08. The summed E-state index contributed by atoms with van der Waals surface area (Å²) in [6.07, 6.45) is 0. The molecule has 0 spiro atoms. The Morgan fingerprint density at radius 1 is 1.48 bits per heavy atom. The molecule has 29 heavy (non-hydrogen) atoms. The fourth-order valence-corrected chi connectivity index (χ4v) is 4.73. The number of carboxylic acids is 1. The van der Waals surface area contributed by atoms with Crippen LogP contribution in [0, 0.1) is 0 Å². The number of nitrogens with zero attached hydrogens (tertiary/aromatic N) is 3. The van der Waals surface area contributed by atoms with Gasteiger partial charge in [-0.2, -0.15) is 0 Å². The van der Waals surface area contributed by atoms with E-state index in [1.54, 1.807) is 0 Å². The van der Waals surface area contributed by atoms with E-state index in [1.807, 2.05) is 0 Å². The molecular formula is C15H16N5NaO6S2. The zero-order valence-electron chi connectivity index (χ0n) is 15.8. The number of anilines is 1. The fraction of sp³-hybridized carbons (Fsp3) is 0.400. The number of thioether (sulfide) groups is 1. The summed E-state index contributed by atoms with van der Waals surface area (Å²) in [4.78, 5) is 46.4. The van der Waals surface area contributed by atoms with Crippen molar-refractivity contribution < 1.29 is 58.6 Å². The number of thiazole rings is 1. The Labute approximate surface area is 196 Å². The third kappa shape index (κ3) is 4.59. The molecule has 0 aromatic carbocycles. The van der Waals surface area contributed by atoms with Gasteiger partial charge in [-0.25, -0.2) is 4.98 Å². The van der Waals surface area contributed by atoms with Crippen molar-refractivity contribution in [3.8, 4) is 0 Å². The molecule has 0 saturated carbocycles. The fourth-order valence-electron chi connectivity index (χ4n) is 2.86. The summed E-state index contributed by atoms with van der Waals surface area (Å²) in [6, 6.07) is -0.922. The van der Waals surface area contributed by atoms with E-state index >= 15 is 0 Å². The van der Waals surface area contributed by atoms with Crippen LogP contribution in [0.1, 0.15) is 5.69 Å². The number of carbonyl (C=O) groups excluding carboxylic acids is 3. The number of hydrogen-bond donors (Lipinski definition) is 2. The molecule has 14 heteroatoms. The normalized spacial score (nSPS) is 21.1. The van der Waals surface area contributed by atoms with Crippen LogP contribution in [0.4, 0.5) is 5.13 Å². The van der Waals surface area contributed by atoms with Gasteiger partial charge in [-0.15, -0.1) is 23.1 Å². The first-order valence-corrected chi connectivity index (χ1v) is 9.82. The molecule has 2 atom stereocenters.